The highest BCUT2D eigenvalue weighted by molar-refractivity contribution is 5.49. The van der Waals surface area contributed by atoms with Crippen LogP contribution in [-0.4, -0.2) is 23.1 Å². The number of nitrogen functional groups attached to an aromatic ring is 1. The Labute approximate surface area is 121 Å². The van der Waals surface area contributed by atoms with E-state index in [1.165, 1.54) is 25.7 Å². The highest BCUT2D eigenvalue weighted by atomic mass is 15.3. The van der Waals surface area contributed by atoms with Crippen molar-refractivity contribution in [3.8, 4) is 0 Å². The quantitative estimate of drug-likeness (QED) is 0.618. The fraction of sp³-hybridized carbons (Fsp3) is 0.733. The number of piperidine rings is 1. The van der Waals surface area contributed by atoms with Crippen LogP contribution in [-0.2, 0) is 6.42 Å². The molecule has 0 amide bonds. The van der Waals surface area contributed by atoms with Gasteiger partial charge in [0.05, 0.1) is 0 Å². The van der Waals surface area contributed by atoms with E-state index < -0.39 is 0 Å². The van der Waals surface area contributed by atoms with Gasteiger partial charge in [0, 0.05) is 25.6 Å². The van der Waals surface area contributed by atoms with Crippen LogP contribution in [0.4, 0.5) is 11.6 Å². The second kappa shape index (κ2) is 7.43. The zero-order chi connectivity index (χ0) is 14.4. The lowest BCUT2D eigenvalue weighted by molar-refractivity contribution is 0.377. The Bertz CT molecular complexity index is 413. The summed E-state index contributed by atoms with van der Waals surface area (Å²) in [5.74, 6) is 9.02. The molecule has 2 rings (SSSR count). The Balaban J connectivity index is 2.06. The second-order valence-corrected chi connectivity index (χ2v) is 5.64. The molecule has 0 bridgehead atoms. The molecule has 0 aliphatic carbocycles. The third kappa shape index (κ3) is 3.82. The van der Waals surface area contributed by atoms with Crippen LogP contribution in [0, 0.1) is 5.92 Å². The molecule has 0 unspecified atom stereocenters. The smallest absolute Gasteiger partial charge is 0.145 e. The summed E-state index contributed by atoms with van der Waals surface area (Å²) < 4.78 is 0. The summed E-state index contributed by atoms with van der Waals surface area (Å²) >= 11 is 0. The first-order valence-corrected chi connectivity index (χ1v) is 7.86. The molecule has 20 heavy (non-hydrogen) atoms. The zero-order valence-electron chi connectivity index (χ0n) is 12.7. The largest absolute Gasteiger partial charge is 0.356 e. The van der Waals surface area contributed by atoms with Crippen LogP contribution >= 0.6 is 0 Å². The van der Waals surface area contributed by atoms with Crippen molar-refractivity contribution in [2.24, 2.45) is 11.8 Å². The Morgan fingerprint density at radius 2 is 2.00 bits per heavy atom. The number of aromatic nitrogens is 2. The van der Waals surface area contributed by atoms with Gasteiger partial charge in [-0.15, -0.1) is 0 Å². The molecule has 0 aromatic carbocycles. The topological polar surface area (TPSA) is 67.1 Å². The Morgan fingerprint density at radius 1 is 1.25 bits per heavy atom. The van der Waals surface area contributed by atoms with Gasteiger partial charge in [-0.3, -0.25) is 0 Å². The molecule has 5 heteroatoms. The number of nitrogens with zero attached hydrogens (tertiary/aromatic N) is 3. The average molecular weight is 277 g/mol. The second-order valence-electron chi connectivity index (χ2n) is 5.64. The fourth-order valence-corrected chi connectivity index (χ4v) is 2.91. The van der Waals surface area contributed by atoms with Crippen molar-refractivity contribution in [1.29, 1.82) is 0 Å². The van der Waals surface area contributed by atoms with Crippen molar-refractivity contribution < 1.29 is 0 Å². The molecule has 1 aromatic rings. The minimum Gasteiger partial charge on any atom is -0.356 e. The summed E-state index contributed by atoms with van der Waals surface area (Å²) in [6, 6.07) is 1.96. The lowest BCUT2D eigenvalue weighted by Gasteiger charge is -2.33. The average Bonchev–Trinajstić information content (AvgIpc) is 2.48. The molecule has 3 N–H and O–H groups in total. The van der Waals surface area contributed by atoms with Gasteiger partial charge < -0.3 is 10.3 Å². The summed E-state index contributed by atoms with van der Waals surface area (Å²) in [5.41, 5.74) is 2.66. The molecule has 0 radical (unpaired) electrons. The predicted molar refractivity (Wildman–Crippen MR) is 83.7 cm³/mol. The van der Waals surface area contributed by atoms with E-state index in [4.69, 9.17) is 5.84 Å². The van der Waals surface area contributed by atoms with Crippen LogP contribution < -0.4 is 16.2 Å². The van der Waals surface area contributed by atoms with Crippen LogP contribution in [0.5, 0.6) is 0 Å². The maximum atomic E-state index is 5.52. The lowest BCUT2D eigenvalue weighted by Crippen LogP contribution is -2.34. The molecule has 1 saturated heterocycles. The molecule has 0 atom stereocenters. The van der Waals surface area contributed by atoms with E-state index in [0.29, 0.717) is 5.82 Å². The molecule has 1 aliphatic rings. The standard InChI is InChI=1S/C15H27N5/c1-3-5-12-7-9-20(10-8-12)15-11-14(19-16)17-13(18-15)6-4-2/h11-12H,3-10,16H2,1-2H3,(H,17,18,19). The summed E-state index contributed by atoms with van der Waals surface area (Å²) in [5, 5.41) is 0. The number of hydrogen-bond donors (Lipinski definition) is 2. The van der Waals surface area contributed by atoms with Crippen LogP contribution in [0.15, 0.2) is 6.07 Å². The zero-order valence-corrected chi connectivity index (χ0v) is 12.7. The number of nitrogens with two attached hydrogens (primary N) is 1. The van der Waals surface area contributed by atoms with E-state index in [1.54, 1.807) is 0 Å². The van der Waals surface area contributed by atoms with Crippen molar-refractivity contribution in [3.05, 3.63) is 11.9 Å². The maximum Gasteiger partial charge on any atom is 0.145 e. The van der Waals surface area contributed by atoms with Crippen LogP contribution in [0.2, 0.25) is 0 Å². The Morgan fingerprint density at radius 3 is 2.60 bits per heavy atom. The van der Waals surface area contributed by atoms with Crippen LogP contribution in [0.3, 0.4) is 0 Å². The van der Waals surface area contributed by atoms with Crippen molar-refractivity contribution in [3.63, 3.8) is 0 Å². The van der Waals surface area contributed by atoms with Gasteiger partial charge in [0.15, 0.2) is 0 Å². The first kappa shape index (κ1) is 15.0. The third-order valence-corrected chi connectivity index (χ3v) is 4.02. The van der Waals surface area contributed by atoms with Gasteiger partial charge in [-0.2, -0.15) is 0 Å². The molecule has 2 heterocycles. The van der Waals surface area contributed by atoms with Crippen molar-refractivity contribution in [2.75, 3.05) is 23.4 Å². The summed E-state index contributed by atoms with van der Waals surface area (Å²) in [6.45, 7) is 6.60. The monoisotopic (exact) mass is 277 g/mol. The molecule has 0 saturated carbocycles. The van der Waals surface area contributed by atoms with Crippen molar-refractivity contribution in [2.45, 2.75) is 52.4 Å². The van der Waals surface area contributed by atoms with E-state index in [9.17, 15) is 0 Å². The number of rotatable bonds is 6. The lowest BCUT2D eigenvalue weighted by atomic mass is 9.92. The van der Waals surface area contributed by atoms with Gasteiger partial charge in [0.2, 0.25) is 0 Å². The van der Waals surface area contributed by atoms with Gasteiger partial charge in [-0.1, -0.05) is 26.7 Å². The van der Waals surface area contributed by atoms with E-state index in [2.05, 4.69) is 34.1 Å². The van der Waals surface area contributed by atoms with Gasteiger partial charge >= 0.3 is 0 Å². The van der Waals surface area contributed by atoms with E-state index in [1.807, 2.05) is 6.07 Å². The number of hydrazine groups is 1. The predicted octanol–water partition coefficient (Wildman–Crippen LogP) is 2.73. The third-order valence-electron chi connectivity index (χ3n) is 4.02. The molecule has 1 fully saturated rings. The number of aryl methyl sites for hydroxylation is 1. The maximum absolute atomic E-state index is 5.52. The summed E-state index contributed by atoms with van der Waals surface area (Å²) in [4.78, 5) is 11.5. The molecular weight excluding hydrogens is 250 g/mol. The number of nitrogens with one attached hydrogen (secondary N) is 1. The molecule has 1 aliphatic heterocycles. The summed E-state index contributed by atoms with van der Waals surface area (Å²) in [6.07, 6.45) is 7.13. The van der Waals surface area contributed by atoms with E-state index in [0.717, 1.165) is 43.5 Å². The van der Waals surface area contributed by atoms with Crippen molar-refractivity contribution >= 4 is 11.6 Å². The molecule has 0 spiro atoms. The highest BCUT2D eigenvalue weighted by Gasteiger charge is 2.20. The fourth-order valence-electron chi connectivity index (χ4n) is 2.91. The molecular formula is C15H27N5. The van der Waals surface area contributed by atoms with Crippen LogP contribution in [0.1, 0.15) is 51.8 Å². The first-order valence-electron chi connectivity index (χ1n) is 7.86. The Kier molecular flexibility index (Phi) is 5.59. The Hall–Kier alpha value is -1.36. The normalized spacial score (nSPS) is 16.4. The SMILES string of the molecule is CCCc1nc(NN)cc(N2CCC(CCC)CC2)n1. The van der Waals surface area contributed by atoms with Crippen molar-refractivity contribution in [1.82, 2.24) is 9.97 Å². The van der Waals surface area contributed by atoms with Gasteiger partial charge in [0.1, 0.15) is 17.5 Å². The highest BCUT2D eigenvalue weighted by Crippen LogP contribution is 2.26. The van der Waals surface area contributed by atoms with E-state index >= 15 is 0 Å². The molecule has 1 aromatic heterocycles. The summed E-state index contributed by atoms with van der Waals surface area (Å²) in [7, 11) is 0. The van der Waals surface area contributed by atoms with E-state index in [-0.39, 0.29) is 0 Å². The minimum atomic E-state index is 0.717. The van der Waals surface area contributed by atoms with Gasteiger partial charge in [0.25, 0.3) is 0 Å². The minimum absolute atomic E-state index is 0.717. The number of anilines is 2. The molecule has 112 valence electrons. The first-order chi connectivity index (χ1) is 9.76. The van der Waals surface area contributed by atoms with Gasteiger partial charge in [-0.25, -0.2) is 15.8 Å². The molecule has 5 nitrogen and oxygen atoms in total. The van der Waals surface area contributed by atoms with Gasteiger partial charge in [-0.05, 0) is 25.2 Å². The van der Waals surface area contributed by atoms with Crippen LogP contribution in [0.25, 0.3) is 0 Å². The number of hydrogen-bond acceptors (Lipinski definition) is 5.